The normalized spacial score (nSPS) is 16.2. The maximum atomic E-state index is 12.9. The molecule has 5 rings (SSSR count). The fourth-order valence-electron chi connectivity index (χ4n) is 4.11. The number of rotatable bonds is 6. The molecule has 1 atom stereocenters. The summed E-state index contributed by atoms with van der Waals surface area (Å²) in [5, 5.41) is 16.7. The molecule has 0 bridgehead atoms. The number of thiazole rings is 1. The Morgan fingerprint density at radius 1 is 1.24 bits per heavy atom. The third-order valence-electron chi connectivity index (χ3n) is 5.70. The summed E-state index contributed by atoms with van der Waals surface area (Å²) in [7, 11) is 0. The number of amides is 1. The molecule has 1 saturated heterocycles. The summed E-state index contributed by atoms with van der Waals surface area (Å²) in [6, 6.07) is 8.18. The summed E-state index contributed by atoms with van der Waals surface area (Å²) in [6.07, 6.45) is 4.46. The largest absolute Gasteiger partial charge is 0.391 e. The van der Waals surface area contributed by atoms with Crippen molar-refractivity contribution >= 4 is 44.7 Å². The Morgan fingerprint density at radius 2 is 2.12 bits per heavy atom. The number of β-amino-alcohol motifs (C(OH)–C–C–N with tert-alkyl or cyclic N) is 1. The van der Waals surface area contributed by atoms with Gasteiger partial charge in [0.25, 0.3) is 5.91 Å². The number of likely N-dealkylation sites (tertiary alicyclic amines) is 1. The van der Waals surface area contributed by atoms with Crippen LogP contribution in [0.2, 0.25) is 0 Å². The number of hydrogen-bond donors (Lipinski definition) is 4. The van der Waals surface area contributed by atoms with Crippen molar-refractivity contribution < 1.29 is 9.90 Å². The Morgan fingerprint density at radius 3 is 2.94 bits per heavy atom. The lowest BCUT2D eigenvalue weighted by molar-refractivity contribution is 0.0464. The van der Waals surface area contributed by atoms with Gasteiger partial charge in [-0.25, -0.2) is 15.0 Å². The van der Waals surface area contributed by atoms with E-state index in [-0.39, 0.29) is 17.8 Å². The molecule has 10 heteroatoms. The van der Waals surface area contributed by atoms with E-state index in [0.717, 1.165) is 40.0 Å². The van der Waals surface area contributed by atoms with Gasteiger partial charge in [-0.15, -0.1) is 11.3 Å². The van der Waals surface area contributed by atoms with Gasteiger partial charge in [-0.2, -0.15) is 0 Å². The first kappa shape index (κ1) is 22.3. The van der Waals surface area contributed by atoms with E-state index in [1.165, 1.54) is 0 Å². The van der Waals surface area contributed by atoms with Crippen LogP contribution in [0.5, 0.6) is 0 Å². The fourth-order valence-corrected chi connectivity index (χ4v) is 4.82. The predicted molar refractivity (Wildman–Crippen MR) is 135 cm³/mol. The molecule has 1 amide bonds. The Hall–Kier alpha value is -3.50. The van der Waals surface area contributed by atoms with Crippen LogP contribution in [0.1, 0.15) is 37.3 Å². The second-order valence-electron chi connectivity index (χ2n) is 8.77. The number of anilines is 3. The van der Waals surface area contributed by atoms with Gasteiger partial charge < -0.3 is 25.6 Å². The molecule has 0 saturated carbocycles. The minimum absolute atomic E-state index is 0.196. The van der Waals surface area contributed by atoms with Gasteiger partial charge in [-0.05, 0) is 44.9 Å². The molecule has 1 aliphatic rings. The molecule has 4 aromatic rings. The third-order valence-corrected chi connectivity index (χ3v) is 6.50. The number of aromatic amines is 1. The van der Waals surface area contributed by atoms with Crippen LogP contribution in [-0.4, -0.2) is 61.1 Å². The van der Waals surface area contributed by atoms with Gasteiger partial charge in [0.05, 0.1) is 33.7 Å². The molecule has 176 valence electrons. The molecular formula is C24H27N7O2S. The van der Waals surface area contributed by atoms with Crippen LogP contribution < -0.4 is 10.6 Å². The van der Waals surface area contributed by atoms with E-state index in [2.05, 4.69) is 50.5 Å². The lowest BCUT2D eigenvalue weighted by Gasteiger charge is -2.29. The van der Waals surface area contributed by atoms with Crippen LogP contribution in [-0.2, 0) is 0 Å². The lowest BCUT2D eigenvalue weighted by Crippen LogP contribution is -2.42. The smallest absolute Gasteiger partial charge is 0.289 e. The van der Waals surface area contributed by atoms with Crippen molar-refractivity contribution in [2.45, 2.75) is 38.8 Å². The summed E-state index contributed by atoms with van der Waals surface area (Å²) in [4.78, 5) is 30.9. The number of H-pyrrole nitrogens is 1. The average Bonchev–Trinajstić information content (AvgIpc) is 3.48. The SMILES string of the molecule is CC(C)Nc1cc(Nc2ccc3ncsc3c2)ncc1-c1cnc(C(=O)N2CCCC(O)C2)[nH]1. The Bertz CT molecular complexity index is 1320. The molecule has 9 nitrogen and oxygen atoms in total. The summed E-state index contributed by atoms with van der Waals surface area (Å²) in [5.41, 5.74) is 6.15. The second kappa shape index (κ2) is 9.40. The third kappa shape index (κ3) is 4.73. The molecule has 0 spiro atoms. The number of imidazole rings is 1. The summed E-state index contributed by atoms with van der Waals surface area (Å²) in [6.45, 7) is 5.10. The number of piperidine rings is 1. The van der Waals surface area contributed by atoms with Crippen molar-refractivity contribution in [3.05, 3.63) is 48.0 Å². The maximum Gasteiger partial charge on any atom is 0.289 e. The topological polar surface area (TPSA) is 119 Å². The lowest BCUT2D eigenvalue weighted by atomic mass is 10.1. The first-order chi connectivity index (χ1) is 16.5. The van der Waals surface area contributed by atoms with E-state index >= 15 is 0 Å². The molecule has 1 fully saturated rings. The van der Waals surface area contributed by atoms with Crippen molar-refractivity contribution in [1.29, 1.82) is 0 Å². The summed E-state index contributed by atoms with van der Waals surface area (Å²) < 4.78 is 1.11. The molecule has 3 aromatic heterocycles. The highest BCUT2D eigenvalue weighted by atomic mass is 32.1. The van der Waals surface area contributed by atoms with Crippen LogP contribution >= 0.6 is 11.3 Å². The number of nitrogens with zero attached hydrogens (tertiary/aromatic N) is 4. The van der Waals surface area contributed by atoms with Crippen LogP contribution in [0.15, 0.2) is 42.2 Å². The number of pyridine rings is 1. The first-order valence-corrected chi connectivity index (χ1v) is 12.2. The molecule has 4 heterocycles. The monoisotopic (exact) mass is 477 g/mol. The number of fused-ring (bicyclic) bond motifs is 1. The summed E-state index contributed by atoms with van der Waals surface area (Å²) in [5.74, 6) is 0.765. The van der Waals surface area contributed by atoms with Gasteiger partial charge in [-0.1, -0.05) is 0 Å². The van der Waals surface area contributed by atoms with Crippen molar-refractivity contribution in [3.8, 4) is 11.3 Å². The van der Waals surface area contributed by atoms with Gasteiger partial charge in [0.15, 0.2) is 5.82 Å². The first-order valence-electron chi connectivity index (χ1n) is 11.4. The van der Waals surface area contributed by atoms with Gasteiger partial charge in [0, 0.05) is 48.3 Å². The minimum atomic E-state index is -0.477. The van der Waals surface area contributed by atoms with Crippen molar-refractivity contribution in [2.24, 2.45) is 0 Å². The number of carbonyl (C=O) groups excluding carboxylic acids is 1. The highest BCUT2D eigenvalue weighted by molar-refractivity contribution is 7.16. The molecule has 1 aliphatic heterocycles. The van der Waals surface area contributed by atoms with Gasteiger partial charge in [0.2, 0.25) is 0 Å². The van der Waals surface area contributed by atoms with E-state index in [0.29, 0.717) is 24.6 Å². The molecule has 4 N–H and O–H groups in total. The fraction of sp³-hybridized carbons (Fsp3) is 0.333. The van der Waals surface area contributed by atoms with E-state index in [1.807, 2.05) is 23.7 Å². The Kier molecular flexibility index (Phi) is 6.16. The summed E-state index contributed by atoms with van der Waals surface area (Å²) >= 11 is 1.60. The number of aromatic nitrogens is 4. The number of nitrogens with one attached hydrogen (secondary N) is 3. The zero-order valence-corrected chi connectivity index (χ0v) is 19.9. The maximum absolute atomic E-state index is 12.9. The van der Waals surface area contributed by atoms with Crippen LogP contribution in [0.3, 0.4) is 0 Å². The van der Waals surface area contributed by atoms with Gasteiger partial charge >= 0.3 is 0 Å². The van der Waals surface area contributed by atoms with E-state index in [4.69, 9.17) is 0 Å². The molecule has 0 radical (unpaired) electrons. The van der Waals surface area contributed by atoms with E-state index in [9.17, 15) is 9.90 Å². The highest BCUT2D eigenvalue weighted by Gasteiger charge is 2.25. The zero-order valence-electron chi connectivity index (χ0n) is 19.1. The van der Waals surface area contributed by atoms with Crippen molar-refractivity contribution in [3.63, 3.8) is 0 Å². The average molecular weight is 478 g/mol. The minimum Gasteiger partial charge on any atom is -0.391 e. The Balaban J connectivity index is 1.40. The van der Waals surface area contributed by atoms with Crippen molar-refractivity contribution in [1.82, 2.24) is 24.8 Å². The predicted octanol–water partition coefficient (Wildman–Crippen LogP) is 4.24. The van der Waals surface area contributed by atoms with Gasteiger partial charge in [-0.3, -0.25) is 4.79 Å². The quantitative estimate of drug-likeness (QED) is 0.328. The number of aliphatic hydroxyl groups is 1. The highest BCUT2D eigenvalue weighted by Crippen LogP contribution is 2.31. The molecule has 0 aliphatic carbocycles. The molecule has 1 unspecified atom stereocenters. The van der Waals surface area contributed by atoms with E-state index in [1.54, 1.807) is 28.6 Å². The van der Waals surface area contributed by atoms with Crippen LogP contribution in [0.25, 0.3) is 21.5 Å². The molecule has 1 aromatic carbocycles. The van der Waals surface area contributed by atoms with Crippen LogP contribution in [0, 0.1) is 0 Å². The number of carbonyl (C=O) groups is 1. The standard InChI is InChI=1S/C24H27N7O2S/c1-14(2)28-19-9-22(29-15-5-6-18-21(8-15)34-13-27-18)25-10-17(19)20-11-26-23(30-20)24(33)31-7-3-4-16(32)12-31/h5-6,8-11,13-14,16,32H,3-4,7,12H2,1-2H3,(H,26,30)(H2,25,28,29). The second-order valence-corrected chi connectivity index (χ2v) is 9.65. The number of benzene rings is 1. The molecular weight excluding hydrogens is 450 g/mol. The zero-order chi connectivity index (χ0) is 23.7. The molecule has 34 heavy (non-hydrogen) atoms. The van der Waals surface area contributed by atoms with Gasteiger partial charge in [0.1, 0.15) is 5.82 Å². The number of hydrogen-bond acceptors (Lipinski definition) is 8. The number of aliphatic hydroxyl groups excluding tert-OH is 1. The van der Waals surface area contributed by atoms with Crippen LogP contribution in [0.4, 0.5) is 17.2 Å². The Labute approximate surface area is 201 Å². The van der Waals surface area contributed by atoms with E-state index < -0.39 is 6.10 Å². The van der Waals surface area contributed by atoms with Crippen molar-refractivity contribution in [2.75, 3.05) is 23.7 Å².